The Hall–Kier alpha value is -0.540. The molecule has 100 valence electrons. The first-order valence-corrected chi connectivity index (χ1v) is 7.22. The molecule has 1 aliphatic rings. The Morgan fingerprint density at radius 2 is 1.72 bits per heavy atom. The largest absolute Gasteiger partial charge is 0.490 e. The van der Waals surface area contributed by atoms with Crippen LogP contribution in [0.25, 0.3) is 0 Å². The van der Waals surface area contributed by atoms with E-state index in [-0.39, 0.29) is 6.10 Å². The number of hydrogen-bond acceptors (Lipinski definition) is 2. The van der Waals surface area contributed by atoms with E-state index in [0.29, 0.717) is 5.92 Å². The van der Waals surface area contributed by atoms with Gasteiger partial charge in [0.1, 0.15) is 5.75 Å². The number of hydrogen-bond donors (Lipinski definition) is 1. The number of halogens is 1. The zero-order valence-corrected chi connectivity index (χ0v) is 13.0. The van der Waals surface area contributed by atoms with Gasteiger partial charge in [0, 0.05) is 4.47 Å². The van der Waals surface area contributed by atoms with Gasteiger partial charge in [0.05, 0.1) is 11.7 Å². The van der Waals surface area contributed by atoms with Gasteiger partial charge in [-0.25, -0.2) is 0 Å². The third-order valence-electron chi connectivity index (χ3n) is 3.81. The highest BCUT2D eigenvalue weighted by Gasteiger charge is 2.40. The Morgan fingerprint density at radius 3 is 2.17 bits per heavy atom. The fraction of sp³-hybridized carbons (Fsp3) is 0.600. The summed E-state index contributed by atoms with van der Waals surface area (Å²) in [5, 5.41) is 9.88. The number of aliphatic hydroxyl groups is 1. The average Bonchev–Trinajstić information content (AvgIpc) is 2.17. The maximum Gasteiger partial charge on any atom is 0.120 e. The topological polar surface area (TPSA) is 29.5 Å². The molecule has 1 aromatic carbocycles. The van der Waals surface area contributed by atoms with Gasteiger partial charge in [0.2, 0.25) is 0 Å². The second-order valence-corrected chi connectivity index (χ2v) is 6.73. The molecule has 0 radical (unpaired) electrons. The van der Waals surface area contributed by atoms with Gasteiger partial charge in [0.25, 0.3) is 0 Å². The molecule has 0 heterocycles. The summed E-state index contributed by atoms with van der Waals surface area (Å²) < 4.78 is 7.11. The lowest BCUT2D eigenvalue weighted by atomic mass is 9.72. The standard InChI is InChI=1S/C15H21BrO2/c1-9-5-12(6-10(2)14(9)16)18-13-7-11(8-13)15(3,4)17/h5-6,11,13,17H,7-8H2,1-4H3. The molecule has 0 saturated heterocycles. The van der Waals surface area contributed by atoms with Crippen LogP contribution in [0.15, 0.2) is 16.6 Å². The minimum atomic E-state index is -0.578. The van der Waals surface area contributed by atoms with E-state index in [1.54, 1.807) is 0 Å². The monoisotopic (exact) mass is 312 g/mol. The summed E-state index contributed by atoms with van der Waals surface area (Å²) in [6.45, 7) is 7.90. The van der Waals surface area contributed by atoms with Crippen molar-refractivity contribution in [3.05, 3.63) is 27.7 Å². The van der Waals surface area contributed by atoms with Gasteiger partial charge in [-0.2, -0.15) is 0 Å². The second kappa shape index (κ2) is 4.86. The summed E-state index contributed by atoms with van der Waals surface area (Å²) in [6.07, 6.45) is 2.14. The smallest absolute Gasteiger partial charge is 0.120 e. The normalized spacial score (nSPS) is 23.7. The fourth-order valence-corrected chi connectivity index (χ4v) is 2.63. The first-order chi connectivity index (χ1) is 8.27. The van der Waals surface area contributed by atoms with Crippen molar-refractivity contribution in [3.8, 4) is 5.75 Å². The van der Waals surface area contributed by atoms with E-state index in [9.17, 15) is 5.11 Å². The van der Waals surface area contributed by atoms with Crippen LogP contribution in [0, 0.1) is 19.8 Å². The van der Waals surface area contributed by atoms with Crippen LogP contribution in [-0.2, 0) is 0 Å². The maximum atomic E-state index is 9.88. The molecule has 1 saturated carbocycles. The van der Waals surface area contributed by atoms with Crippen molar-refractivity contribution in [1.82, 2.24) is 0 Å². The molecule has 0 aliphatic heterocycles. The average molecular weight is 313 g/mol. The van der Waals surface area contributed by atoms with Gasteiger partial charge >= 0.3 is 0 Å². The van der Waals surface area contributed by atoms with Crippen LogP contribution in [0.3, 0.4) is 0 Å². The molecule has 0 spiro atoms. The molecule has 0 bridgehead atoms. The first-order valence-electron chi connectivity index (χ1n) is 6.43. The molecule has 0 unspecified atom stereocenters. The van der Waals surface area contributed by atoms with E-state index in [0.717, 1.165) is 23.1 Å². The predicted octanol–water partition coefficient (Wildman–Crippen LogP) is 3.99. The van der Waals surface area contributed by atoms with Crippen molar-refractivity contribution in [2.24, 2.45) is 5.92 Å². The summed E-state index contributed by atoms with van der Waals surface area (Å²) >= 11 is 3.56. The minimum Gasteiger partial charge on any atom is -0.490 e. The Morgan fingerprint density at radius 1 is 1.22 bits per heavy atom. The van der Waals surface area contributed by atoms with Gasteiger partial charge in [-0.15, -0.1) is 0 Å². The molecule has 1 aromatic rings. The molecule has 0 atom stereocenters. The minimum absolute atomic E-state index is 0.251. The molecular formula is C15H21BrO2. The molecule has 2 nitrogen and oxygen atoms in total. The predicted molar refractivity (Wildman–Crippen MR) is 77.1 cm³/mol. The van der Waals surface area contributed by atoms with Gasteiger partial charge in [-0.3, -0.25) is 0 Å². The Kier molecular flexibility index (Phi) is 3.75. The number of aryl methyl sites for hydroxylation is 2. The quantitative estimate of drug-likeness (QED) is 0.914. The summed E-state index contributed by atoms with van der Waals surface area (Å²) in [4.78, 5) is 0. The third-order valence-corrected chi connectivity index (χ3v) is 5.06. The molecule has 3 heteroatoms. The second-order valence-electron chi connectivity index (χ2n) is 5.93. The number of rotatable bonds is 3. The van der Waals surface area contributed by atoms with E-state index < -0.39 is 5.60 Å². The van der Waals surface area contributed by atoms with E-state index in [1.165, 1.54) is 11.1 Å². The molecule has 0 amide bonds. The third kappa shape index (κ3) is 2.89. The molecule has 2 rings (SSSR count). The van der Waals surface area contributed by atoms with Crippen molar-refractivity contribution in [1.29, 1.82) is 0 Å². The van der Waals surface area contributed by atoms with Crippen molar-refractivity contribution < 1.29 is 9.84 Å². The lowest BCUT2D eigenvalue weighted by molar-refractivity contribution is -0.0673. The summed E-state index contributed by atoms with van der Waals surface area (Å²) in [5.41, 5.74) is 1.82. The van der Waals surface area contributed by atoms with E-state index in [2.05, 4.69) is 41.9 Å². The maximum absolute atomic E-state index is 9.88. The highest BCUT2D eigenvalue weighted by Crippen LogP contribution is 2.39. The van der Waals surface area contributed by atoms with E-state index >= 15 is 0 Å². The van der Waals surface area contributed by atoms with Gasteiger partial charge in [-0.1, -0.05) is 15.9 Å². The van der Waals surface area contributed by atoms with Crippen LogP contribution in [0.2, 0.25) is 0 Å². The lowest BCUT2D eigenvalue weighted by Crippen LogP contribution is -2.45. The van der Waals surface area contributed by atoms with Gasteiger partial charge in [0.15, 0.2) is 0 Å². The summed E-state index contributed by atoms with van der Waals surface area (Å²) in [6, 6.07) is 4.13. The van der Waals surface area contributed by atoms with Crippen LogP contribution in [0.1, 0.15) is 37.8 Å². The molecular weight excluding hydrogens is 292 g/mol. The Balaban J connectivity index is 1.97. The van der Waals surface area contributed by atoms with Crippen molar-refractivity contribution in [3.63, 3.8) is 0 Å². The number of ether oxygens (including phenoxy) is 1. The summed E-state index contributed by atoms with van der Waals surface area (Å²) in [5.74, 6) is 1.30. The first kappa shape index (κ1) is 13.9. The highest BCUT2D eigenvalue weighted by molar-refractivity contribution is 9.10. The van der Waals surface area contributed by atoms with Crippen LogP contribution >= 0.6 is 15.9 Å². The molecule has 1 N–H and O–H groups in total. The lowest BCUT2D eigenvalue weighted by Gasteiger charge is -2.42. The van der Waals surface area contributed by atoms with Crippen molar-refractivity contribution >= 4 is 15.9 Å². The Bertz CT molecular complexity index is 419. The molecule has 1 fully saturated rings. The molecule has 0 aromatic heterocycles. The van der Waals surface area contributed by atoms with Crippen molar-refractivity contribution in [2.75, 3.05) is 0 Å². The fourth-order valence-electron chi connectivity index (χ4n) is 2.41. The van der Waals surface area contributed by atoms with Crippen LogP contribution < -0.4 is 4.74 Å². The summed E-state index contributed by atoms with van der Waals surface area (Å²) in [7, 11) is 0. The Labute approximate surface area is 117 Å². The van der Waals surface area contributed by atoms with Crippen LogP contribution in [0.5, 0.6) is 5.75 Å². The highest BCUT2D eigenvalue weighted by atomic mass is 79.9. The number of benzene rings is 1. The van der Waals surface area contributed by atoms with Gasteiger partial charge in [-0.05, 0) is 69.7 Å². The van der Waals surface area contributed by atoms with Crippen LogP contribution in [0.4, 0.5) is 0 Å². The van der Waals surface area contributed by atoms with Crippen molar-refractivity contribution in [2.45, 2.75) is 52.2 Å². The van der Waals surface area contributed by atoms with E-state index in [4.69, 9.17) is 4.74 Å². The zero-order valence-electron chi connectivity index (χ0n) is 11.5. The van der Waals surface area contributed by atoms with Gasteiger partial charge < -0.3 is 9.84 Å². The molecule has 18 heavy (non-hydrogen) atoms. The van der Waals surface area contributed by atoms with E-state index in [1.807, 2.05) is 13.8 Å². The SMILES string of the molecule is Cc1cc(OC2CC(C(C)(C)O)C2)cc(C)c1Br. The zero-order chi connectivity index (χ0) is 13.5. The van der Waals surface area contributed by atoms with Crippen LogP contribution in [-0.4, -0.2) is 16.8 Å². The molecule has 1 aliphatic carbocycles.